The highest BCUT2D eigenvalue weighted by Crippen LogP contribution is 2.58. The molecule has 1 N–H and O–H groups in total. The summed E-state index contributed by atoms with van der Waals surface area (Å²) in [6.45, 7) is 0. The number of esters is 1. The van der Waals surface area contributed by atoms with Crippen LogP contribution in [0.3, 0.4) is 0 Å². The van der Waals surface area contributed by atoms with Gasteiger partial charge >= 0.3 is 5.97 Å². The van der Waals surface area contributed by atoms with Gasteiger partial charge < -0.3 is 10.1 Å². The van der Waals surface area contributed by atoms with Gasteiger partial charge in [-0.3, -0.25) is 4.79 Å². The monoisotopic (exact) mass is 325 g/mol. The number of amides is 1. The number of benzene rings is 1. The van der Waals surface area contributed by atoms with Gasteiger partial charge in [0.05, 0.1) is 5.56 Å². The summed E-state index contributed by atoms with van der Waals surface area (Å²) in [5, 5.41) is 3.23. The van der Waals surface area contributed by atoms with Crippen LogP contribution in [-0.2, 0) is 16.0 Å². The smallest absolute Gasteiger partial charge is 0.339 e. The van der Waals surface area contributed by atoms with Gasteiger partial charge in [-0.05, 0) is 61.0 Å². The van der Waals surface area contributed by atoms with Crippen molar-refractivity contribution in [2.45, 2.75) is 50.7 Å². The van der Waals surface area contributed by atoms with Gasteiger partial charge in [-0.1, -0.05) is 24.6 Å². The van der Waals surface area contributed by atoms with Crippen LogP contribution >= 0.6 is 0 Å². The number of fused-ring (bicyclic) bond motifs is 6. The molecule has 3 fully saturated rings. The summed E-state index contributed by atoms with van der Waals surface area (Å²) in [4.78, 5) is 24.8. The average molecular weight is 325 g/mol. The molecule has 0 spiro atoms. The molecule has 1 aromatic rings. The number of hydrogen-bond donors (Lipinski definition) is 1. The third-order valence-corrected chi connectivity index (χ3v) is 6.94. The molecule has 0 radical (unpaired) electrons. The van der Waals surface area contributed by atoms with Crippen LogP contribution in [0.15, 0.2) is 24.3 Å². The third kappa shape index (κ3) is 2.11. The summed E-state index contributed by atoms with van der Waals surface area (Å²) in [5.74, 6) is 2.72. The summed E-state index contributed by atoms with van der Waals surface area (Å²) in [6, 6.07) is 7.70. The molecular weight excluding hydrogens is 302 g/mol. The highest BCUT2D eigenvalue weighted by atomic mass is 16.5. The molecule has 6 atom stereocenters. The molecule has 24 heavy (non-hydrogen) atoms. The summed E-state index contributed by atoms with van der Waals surface area (Å²) in [5.41, 5.74) is 1.51. The summed E-state index contributed by atoms with van der Waals surface area (Å²) in [7, 11) is 0. The highest BCUT2D eigenvalue weighted by Gasteiger charge is 2.54. The largest absolute Gasteiger partial charge is 0.448 e. The Morgan fingerprint density at radius 1 is 1.08 bits per heavy atom. The van der Waals surface area contributed by atoms with Crippen molar-refractivity contribution in [3.63, 3.8) is 0 Å². The maximum absolute atomic E-state index is 12.7. The van der Waals surface area contributed by atoms with Crippen molar-refractivity contribution in [1.29, 1.82) is 0 Å². The van der Waals surface area contributed by atoms with E-state index in [9.17, 15) is 9.59 Å². The Hall–Kier alpha value is -1.84. The molecular formula is C20H23NO3. The number of nitrogens with one attached hydrogen (secondary N) is 1. The Labute approximate surface area is 142 Å². The van der Waals surface area contributed by atoms with Gasteiger partial charge in [0, 0.05) is 12.5 Å². The van der Waals surface area contributed by atoms with E-state index in [1.54, 1.807) is 6.07 Å². The van der Waals surface area contributed by atoms with Gasteiger partial charge in [0.25, 0.3) is 5.91 Å². The minimum Gasteiger partial charge on any atom is -0.448 e. The predicted molar refractivity (Wildman–Crippen MR) is 88.3 cm³/mol. The molecule has 6 unspecified atom stereocenters. The van der Waals surface area contributed by atoms with Crippen LogP contribution < -0.4 is 5.32 Å². The minimum atomic E-state index is -0.675. The lowest BCUT2D eigenvalue weighted by Crippen LogP contribution is -2.49. The second kappa shape index (κ2) is 5.33. The lowest BCUT2D eigenvalue weighted by molar-refractivity contribution is -0.131. The number of carbonyl (C=O) groups excluding carboxylic acids is 2. The van der Waals surface area contributed by atoms with Crippen LogP contribution in [0.4, 0.5) is 0 Å². The van der Waals surface area contributed by atoms with Crippen LogP contribution in [0.5, 0.6) is 0 Å². The van der Waals surface area contributed by atoms with E-state index in [0.29, 0.717) is 17.9 Å². The van der Waals surface area contributed by atoms with Crippen LogP contribution in [0.25, 0.3) is 0 Å². The van der Waals surface area contributed by atoms with Crippen LogP contribution in [0, 0.1) is 23.7 Å². The van der Waals surface area contributed by atoms with Gasteiger partial charge in [0.2, 0.25) is 0 Å². The maximum atomic E-state index is 12.7. The van der Waals surface area contributed by atoms with Crippen molar-refractivity contribution in [3.8, 4) is 0 Å². The molecule has 0 saturated heterocycles. The molecule has 1 amide bonds. The van der Waals surface area contributed by atoms with E-state index in [2.05, 4.69) is 5.32 Å². The van der Waals surface area contributed by atoms with Crippen molar-refractivity contribution in [3.05, 3.63) is 35.4 Å². The third-order valence-electron chi connectivity index (χ3n) is 6.94. The van der Waals surface area contributed by atoms with Gasteiger partial charge in [-0.2, -0.15) is 0 Å². The molecule has 3 aliphatic carbocycles. The van der Waals surface area contributed by atoms with Crippen molar-refractivity contribution in [2.24, 2.45) is 23.7 Å². The Balaban J connectivity index is 1.28. The fourth-order valence-electron chi connectivity index (χ4n) is 5.99. The second-order valence-corrected chi connectivity index (χ2v) is 8.02. The second-order valence-electron chi connectivity index (χ2n) is 8.02. The summed E-state index contributed by atoms with van der Waals surface area (Å²) in [6.07, 6.45) is 6.31. The first-order chi connectivity index (χ1) is 11.7. The fraction of sp³-hybridized carbons (Fsp3) is 0.600. The maximum Gasteiger partial charge on any atom is 0.339 e. The lowest BCUT2D eigenvalue weighted by Gasteiger charge is -2.33. The van der Waals surface area contributed by atoms with Crippen molar-refractivity contribution in [2.75, 3.05) is 0 Å². The van der Waals surface area contributed by atoms with E-state index in [1.807, 2.05) is 18.2 Å². The van der Waals surface area contributed by atoms with Gasteiger partial charge in [0.15, 0.2) is 6.10 Å². The van der Waals surface area contributed by atoms with Crippen molar-refractivity contribution in [1.82, 2.24) is 5.32 Å². The fourth-order valence-corrected chi connectivity index (χ4v) is 5.99. The Kier molecular flexibility index (Phi) is 3.22. The number of cyclic esters (lactones) is 1. The lowest BCUT2D eigenvalue weighted by atomic mass is 9.79. The molecule has 4 nitrogen and oxygen atoms in total. The van der Waals surface area contributed by atoms with Gasteiger partial charge in [-0.25, -0.2) is 4.79 Å². The van der Waals surface area contributed by atoms with Gasteiger partial charge in [0.1, 0.15) is 0 Å². The van der Waals surface area contributed by atoms with E-state index in [4.69, 9.17) is 4.74 Å². The average Bonchev–Trinajstić information content (AvgIpc) is 3.27. The van der Waals surface area contributed by atoms with E-state index < -0.39 is 6.10 Å². The first-order valence-corrected chi connectivity index (χ1v) is 9.30. The van der Waals surface area contributed by atoms with Crippen molar-refractivity contribution >= 4 is 11.9 Å². The topological polar surface area (TPSA) is 55.4 Å². The SMILES string of the molecule is O=C1OC(C(=O)NC2CC3CC2C2CCCC32)Cc2ccccc21. The first kappa shape index (κ1) is 14.5. The normalized spacial score (nSPS) is 39.2. The minimum absolute atomic E-state index is 0.107. The van der Waals surface area contributed by atoms with Crippen LogP contribution in [-0.4, -0.2) is 24.0 Å². The van der Waals surface area contributed by atoms with E-state index in [0.717, 1.165) is 29.7 Å². The van der Waals surface area contributed by atoms with Crippen molar-refractivity contribution < 1.29 is 14.3 Å². The zero-order chi connectivity index (χ0) is 16.3. The molecule has 5 rings (SSSR count). The molecule has 1 heterocycles. The Morgan fingerprint density at radius 2 is 1.92 bits per heavy atom. The number of carbonyl (C=O) groups is 2. The zero-order valence-corrected chi connectivity index (χ0v) is 13.7. The molecule has 2 bridgehead atoms. The number of ether oxygens (including phenoxy) is 1. The van der Waals surface area contributed by atoms with E-state index in [-0.39, 0.29) is 17.9 Å². The summed E-state index contributed by atoms with van der Waals surface area (Å²) < 4.78 is 5.40. The zero-order valence-electron chi connectivity index (χ0n) is 13.7. The molecule has 1 aromatic carbocycles. The van der Waals surface area contributed by atoms with Crippen LogP contribution in [0.1, 0.15) is 48.0 Å². The van der Waals surface area contributed by atoms with Gasteiger partial charge in [-0.15, -0.1) is 0 Å². The van der Waals surface area contributed by atoms with E-state index >= 15 is 0 Å². The molecule has 3 saturated carbocycles. The molecule has 126 valence electrons. The Morgan fingerprint density at radius 3 is 2.83 bits per heavy atom. The standard InChI is InChI=1S/C20H23NO3/c22-19(18-10-11-4-1-2-5-14(11)20(23)24-18)21-17-9-12-8-16(17)15-7-3-6-13(12)15/h1-2,4-5,12-13,15-18H,3,6-10H2,(H,21,22). The summed E-state index contributed by atoms with van der Waals surface area (Å²) >= 11 is 0. The molecule has 4 aliphatic rings. The highest BCUT2D eigenvalue weighted by molar-refractivity contribution is 5.95. The number of hydrogen-bond acceptors (Lipinski definition) is 3. The van der Waals surface area contributed by atoms with Crippen LogP contribution in [0.2, 0.25) is 0 Å². The predicted octanol–water partition coefficient (Wildman–Crippen LogP) is 2.71. The molecule has 4 heteroatoms. The molecule has 1 aliphatic heterocycles. The Bertz CT molecular complexity index is 700. The van der Waals surface area contributed by atoms with E-state index in [1.165, 1.54) is 25.7 Å². The molecule has 0 aromatic heterocycles. The first-order valence-electron chi connectivity index (χ1n) is 9.30. The number of rotatable bonds is 2. The quantitative estimate of drug-likeness (QED) is 0.851.